The van der Waals surface area contributed by atoms with Gasteiger partial charge in [-0.1, -0.05) is 39.8 Å². The summed E-state index contributed by atoms with van der Waals surface area (Å²) in [5, 5.41) is 0. The predicted molar refractivity (Wildman–Crippen MR) is 58.7 cm³/mol. The van der Waals surface area contributed by atoms with Crippen LogP contribution in [0.5, 0.6) is 0 Å². The zero-order valence-corrected chi connectivity index (χ0v) is 8.96. The highest BCUT2D eigenvalue weighted by molar-refractivity contribution is 5.41. The Morgan fingerprint density at radius 1 is 1.08 bits per heavy atom. The van der Waals surface area contributed by atoms with Crippen molar-refractivity contribution in [3.63, 3.8) is 0 Å². The van der Waals surface area contributed by atoms with Crippen LogP contribution in [0.25, 0.3) is 0 Å². The van der Waals surface area contributed by atoms with E-state index in [2.05, 4.69) is 39.8 Å². The first-order valence-corrected chi connectivity index (χ1v) is 4.80. The Morgan fingerprint density at radius 2 is 1.54 bits per heavy atom. The lowest BCUT2D eigenvalue weighted by molar-refractivity contribution is 0.372. The van der Waals surface area contributed by atoms with Gasteiger partial charge in [0.15, 0.2) is 0 Å². The van der Waals surface area contributed by atoms with Crippen LogP contribution in [0.15, 0.2) is 24.3 Å². The van der Waals surface area contributed by atoms with Crippen LogP contribution < -0.4 is 5.73 Å². The molecule has 0 saturated carbocycles. The third-order valence-corrected chi connectivity index (χ3v) is 3.10. The highest BCUT2D eigenvalue weighted by Gasteiger charge is 2.23. The van der Waals surface area contributed by atoms with Crippen molar-refractivity contribution in [2.45, 2.75) is 33.1 Å². The highest BCUT2D eigenvalue weighted by Crippen LogP contribution is 2.31. The molecule has 0 spiro atoms. The van der Waals surface area contributed by atoms with Crippen LogP contribution in [0.1, 0.15) is 33.3 Å². The zero-order valence-electron chi connectivity index (χ0n) is 8.96. The van der Waals surface area contributed by atoms with Crippen molar-refractivity contribution < 1.29 is 0 Å². The molecule has 0 aromatic heterocycles. The fraction of sp³-hybridized carbons (Fsp3) is 0.500. The summed E-state index contributed by atoms with van der Waals surface area (Å²) in [5.41, 5.74) is 8.07. The monoisotopic (exact) mass is 177 g/mol. The van der Waals surface area contributed by atoms with Gasteiger partial charge in [-0.05, 0) is 29.0 Å². The summed E-state index contributed by atoms with van der Waals surface area (Å²) >= 11 is 0. The minimum absolute atomic E-state index is 0.230. The van der Waals surface area contributed by atoms with Gasteiger partial charge in [-0.3, -0.25) is 0 Å². The smallest absolute Gasteiger partial charge is 0.0314 e. The molecular weight excluding hydrogens is 158 g/mol. The Bertz CT molecular complexity index is 270. The normalized spacial score (nSPS) is 12.1. The summed E-state index contributed by atoms with van der Waals surface area (Å²) < 4.78 is 0. The maximum absolute atomic E-state index is 5.65. The lowest BCUT2D eigenvalue weighted by atomic mass is 9.75. The predicted octanol–water partition coefficient (Wildman–Crippen LogP) is 3.20. The van der Waals surface area contributed by atoms with Gasteiger partial charge in [-0.15, -0.1) is 0 Å². The molecule has 1 rings (SSSR count). The minimum atomic E-state index is 0.230. The average Bonchev–Trinajstić information content (AvgIpc) is 2.04. The van der Waals surface area contributed by atoms with Crippen LogP contribution >= 0.6 is 0 Å². The van der Waals surface area contributed by atoms with Crippen LogP contribution in [0.2, 0.25) is 0 Å². The molecule has 1 nitrogen and oxygen atoms in total. The second kappa shape index (κ2) is 3.41. The standard InChI is InChI=1S/C12H19N/c1-9(2)12(3,4)10-5-7-11(13)8-6-10/h5-9H,13H2,1-4H3. The zero-order chi connectivity index (χ0) is 10.1. The molecule has 0 bridgehead atoms. The summed E-state index contributed by atoms with van der Waals surface area (Å²) in [7, 11) is 0. The van der Waals surface area contributed by atoms with E-state index in [-0.39, 0.29) is 5.41 Å². The van der Waals surface area contributed by atoms with Gasteiger partial charge in [-0.25, -0.2) is 0 Å². The van der Waals surface area contributed by atoms with Crippen molar-refractivity contribution in [1.29, 1.82) is 0 Å². The molecule has 0 aliphatic heterocycles. The lowest BCUT2D eigenvalue weighted by Crippen LogP contribution is -2.24. The Labute approximate surface area is 81.0 Å². The summed E-state index contributed by atoms with van der Waals surface area (Å²) in [6.07, 6.45) is 0. The molecule has 1 aromatic rings. The van der Waals surface area contributed by atoms with Crippen LogP contribution in [0.3, 0.4) is 0 Å². The van der Waals surface area contributed by atoms with Gasteiger partial charge >= 0.3 is 0 Å². The molecule has 0 aliphatic carbocycles. The van der Waals surface area contributed by atoms with E-state index in [4.69, 9.17) is 5.73 Å². The molecule has 0 fully saturated rings. The van der Waals surface area contributed by atoms with Crippen molar-refractivity contribution in [2.75, 3.05) is 5.73 Å². The highest BCUT2D eigenvalue weighted by atomic mass is 14.5. The third kappa shape index (κ3) is 2.03. The number of benzene rings is 1. The van der Waals surface area contributed by atoms with Crippen molar-refractivity contribution in [3.05, 3.63) is 29.8 Å². The summed E-state index contributed by atoms with van der Waals surface area (Å²) in [6.45, 7) is 9.03. The summed E-state index contributed by atoms with van der Waals surface area (Å²) in [4.78, 5) is 0. The van der Waals surface area contributed by atoms with Crippen molar-refractivity contribution >= 4 is 5.69 Å². The molecule has 2 N–H and O–H groups in total. The van der Waals surface area contributed by atoms with Crippen molar-refractivity contribution in [1.82, 2.24) is 0 Å². The molecule has 1 aromatic carbocycles. The van der Waals surface area contributed by atoms with Gasteiger partial charge in [0.1, 0.15) is 0 Å². The van der Waals surface area contributed by atoms with Crippen LogP contribution in [-0.4, -0.2) is 0 Å². The Balaban J connectivity index is 3.01. The van der Waals surface area contributed by atoms with E-state index in [1.807, 2.05) is 12.1 Å². The van der Waals surface area contributed by atoms with E-state index >= 15 is 0 Å². The molecule has 1 heteroatoms. The fourth-order valence-corrected chi connectivity index (χ4v) is 1.25. The second-order valence-electron chi connectivity index (χ2n) is 4.50. The molecule has 0 radical (unpaired) electrons. The molecule has 0 atom stereocenters. The number of rotatable bonds is 2. The topological polar surface area (TPSA) is 26.0 Å². The lowest BCUT2D eigenvalue weighted by Gasteiger charge is -2.29. The molecule has 0 heterocycles. The molecular formula is C12H19N. The van der Waals surface area contributed by atoms with Crippen LogP contribution in [0, 0.1) is 5.92 Å². The van der Waals surface area contributed by atoms with Gasteiger partial charge in [0.05, 0.1) is 0 Å². The first kappa shape index (κ1) is 10.1. The second-order valence-corrected chi connectivity index (χ2v) is 4.50. The van der Waals surface area contributed by atoms with Crippen molar-refractivity contribution in [3.8, 4) is 0 Å². The van der Waals surface area contributed by atoms with Gasteiger partial charge in [0.25, 0.3) is 0 Å². The molecule has 0 saturated heterocycles. The van der Waals surface area contributed by atoms with Crippen molar-refractivity contribution in [2.24, 2.45) is 5.92 Å². The number of hydrogen-bond acceptors (Lipinski definition) is 1. The quantitative estimate of drug-likeness (QED) is 0.690. The first-order valence-electron chi connectivity index (χ1n) is 4.80. The molecule has 72 valence electrons. The van der Waals surface area contributed by atoms with Gasteiger partial charge < -0.3 is 5.73 Å². The Hall–Kier alpha value is -0.980. The van der Waals surface area contributed by atoms with E-state index in [1.165, 1.54) is 5.56 Å². The average molecular weight is 177 g/mol. The van der Waals surface area contributed by atoms with Gasteiger partial charge in [0, 0.05) is 5.69 Å². The number of nitrogens with two attached hydrogens (primary N) is 1. The molecule has 13 heavy (non-hydrogen) atoms. The maximum atomic E-state index is 5.65. The van der Waals surface area contributed by atoms with E-state index in [0.717, 1.165) is 5.69 Å². The van der Waals surface area contributed by atoms with Gasteiger partial charge in [-0.2, -0.15) is 0 Å². The summed E-state index contributed by atoms with van der Waals surface area (Å²) in [6, 6.07) is 8.18. The maximum Gasteiger partial charge on any atom is 0.0314 e. The largest absolute Gasteiger partial charge is 0.399 e. The number of nitrogen functional groups attached to an aromatic ring is 1. The van der Waals surface area contributed by atoms with Crippen LogP contribution in [-0.2, 0) is 5.41 Å². The Morgan fingerprint density at radius 3 is 1.92 bits per heavy atom. The van der Waals surface area contributed by atoms with E-state index in [9.17, 15) is 0 Å². The minimum Gasteiger partial charge on any atom is -0.399 e. The fourth-order valence-electron chi connectivity index (χ4n) is 1.25. The first-order chi connectivity index (χ1) is 5.94. The molecule has 0 amide bonds. The number of anilines is 1. The molecule has 0 aliphatic rings. The van der Waals surface area contributed by atoms with Gasteiger partial charge in [0.2, 0.25) is 0 Å². The molecule has 0 unspecified atom stereocenters. The van der Waals surface area contributed by atoms with Crippen LogP contribution in [0.4, 0.5) is 5.69 Å². The van der Waals surface area contributed by atoms with E-state index < -0.39 is 0 Å². The summed E-state index contributed by atoms with van der Waals surface area (Å²) in [5.74, 6) is 0.635. The van der Waals surface area contributed by atoms with E-state index in [1.54, 1.807) is 0 Å². The third-order valence-electron chi connectivity index (χ3n) is 3.10. The number of hydrogen-bond donors (Lipinski definition) is 1. The van der Waals surface area contributed by atoms with E-state index in [0.29, 0.717) is 5.92 Å². The SMILES string of the molecule is CC(C)C(C)(C)c1ccc(N)cc1. The Kier molecular flexibility index (Phi) is 2.65.